The number of nitrogens with zero attached hydrogens (tertiary/aromatic N) is 3. The van der Waals surface area contributed by atoms with Crippen molar-refractivity contribution in [2.24, 2.45) is 5.92 Å². The first kappa shape index (κ1) is 33.7. The molecule has 1 saturated heterocycles. The molecule has 0 bridgehead atoms. The molecule has 6 rings (SSSR count). The van der Waals surface area contributed by atoms with E-state index in [2.05, 4.69) is 4.98 Å². The number of rotatable bonds is 13. The van der Waals surface area contributed by atoms with Crippen molar-refractivity contribution >= 4 is 33.8 Å². The summed E-state index contributed by atoms with van der Waals surface area (Å²) in [5, 5.41) is 9.87. The van der Waals surface area contributed by atoms with Crippen molar-refractivity contribution in [2.75, 3.05) is 52.7 Å². The molecule has 2 aromatic heterocycles. The molecule has 0 spiro atoms. The van der Waals surface area contributed by atoms with Crippen molar-refractivity contribution in [1.82, 2.24) is 19.0 Å². The van der Waals surface area contributed by atoms with Crippen molar-refractivity contribution in [2.45, 2.75) is 51.4 Å². The number of ether oxygens (including phenoxy) is 4. The SMILES string of the molecule is CCO[C@@H]1OC(C(=O)N2CCC(n3c(=O)[nH]c4ccccc43)CC2)=C[C@H](c2cn(C(C)=O)c3ccccc23)[C@@H]1CCOCCOCCO. The first-order valence-corrected chi connectivity index (χ1v) is 16.8. The van der Waals surface area contributed by atoms with Gasteiger partial charge in [-0.05, 0) is 56.0 Å². The number of para-hydroxylation sites is 3. The number of nitrogens with one attached hydrogen (secondary N) is 1. The Balaban J connectivity index is 1.26. The molecule has 2 N–H and O–H groups in total. The van der Waals surface area contributed by atoms with E-state index in [1.807, 2.05) is 72.3 Å². The van der Waals surface area contributed by atoms with Crippen LogP contribution in [0.1, 0.15) is 55.4 Å². The molecule has 0 unspecified atom stereocenters. The summed E-state index contributed by atoms with van der Waals surface area (Å²) >= 11 is 0. The number of likely N-dealkylation sites (tertiary alicyclic amines) is 1. The summed E-state index contributed by atoms with van der Waals surface area (Å²) in [5.41, 5.74) is 3.24. The van der Waals surface area contributed by atoms with Crippen LogP contribution in [0, 0.1) is 5.92 Å². The minimum atomic E-state index is -0.722. The molecular formula is C36H44N4O8. The highest BCUT2D eigenvalue weighted by molar-refractivity contribution is 5.95. The monoisotopic (exact) mass is 660 g/mol. The Bertz CT molecular complexity index is 1820. The number of allylic oxidation sites excluding steroid dienone is 1. The molecule has 2 aliphatic rings. The van der Waals surface area contributed by atoms with Crippen LogP contribution in [0.5, 0.6) is 0 Å². The fourth-order valence-electron chi connectivity index (χ4n) is 7.05. The number of benzene rings is 2. The smallest absolute Gasteiger partial charge is 0.326 e. The topological polar surface area (TPSA) is 137 Å². The average Bonchev–Trinajstić information content (AvgIpc) is 3.65. The number of aliphatic hydroxyl groups is 1. The number of aromatic amines is 1. The van der Waals surface area contributed by atoms with Crippen molar-refractivity contribution < 1.29 is 33.6 Å². The van der Waals surface area contributed by atoms with Crippen LogP contribution in [-0.2, 0) is 23.7 Å². The van der Waals surface area contributed by atoms with E-state index in [0.29, 0.717) is 58.8 Å². The summed E-state index contributed by atoms with van der Waals surface area (Å²) < 4.78 is 27.2. The van der Waals surface area contributed by atoms with Crippen LogP contribution in [-0.4, -0.2) is 95.0 Å². The van der Waals surface area contributed by atoms with Crippen LogP contribution in [0.15, 0.2) is 71.4 Å². The number of carbonyl (C=O) groups is 2. The zero-order valence-electron chi connectivity index (χ0n) is 27.5. The molecule has 0 saturated carbocycles. The standard InChI is InChI=1S/C36H44N4O8/c1-3-47-35-27(14-18-45-20-21-46-19-17-41)28(29-23-39(24(2)42)31-10-6-4-8-26(29)31)22-33(48-35)34(43)38-15-12-25(13-16-38)40-32-11-7-5-9-30(32)37-36(40)44/h4-11,22-23,25,27-28,35,41H,3,12-21H2,1-2H3,(H,37,44)/t27-,28-,35+/m0/s1. The van der Waals surface area contributed by atoms with Gasteiger partial charge < -0.3 is 33.9 Å². The van der Waals surface area contributed by atoms with E-state index in [1.54, 1.807) is 9.47 Å². The highest BCUT2D eigenvalue weighted by atomic mass is 16.7. The Labute approximate surface area is 278 Å². The van der Waals surface area contributed by atoms with Crippen LogP contribution in [0.3, 0.4) is 0 Å². The number of hydrogen-bond donors (Lipinski definition) is 2. The number of aliphatic hydroxyl groups excluding tert-OH is 1. The molecule has 1 fully saturated rings. The van der Waals surface area contributed by atoms with Gasteiger partial charge in [0.25, 0.3) is 5.91 Å². The van der Waals surface area contributed by atoms with Gasteiger partial charge in [-0.1, -0.05) is 30.3 Å². The van der Waals surface area contributed by atoms with Gasteiger partial charge in [0.1, 0.15) is 0 Å². The first-order valence-electron chi connectivity index (χ1n) is 16.8. The lowest BCUT2D eigenvalue weighted by Crippen LogP contribution is -2.44. The zero-order chi connectivity index (χ0) is 33.6. The summed E-state index contributed by atoms with van der Waals surface area (Å²) in [6.45, 7) is 6.12. The van der Waals surface area contributed by atoms with Gasteiger partial charge >= 0.3 is 5.69 Å². The molecule has 12 nitrogen and oxygen atoms in total. The summed E-state index contributed by atoms with van der Waals surface area (Å²) in [6, 6.07) is 15.4. The second kappa shape index (κ2) is 15.3. The predicted octanol–water partition coefficient (Wildman–Crippen LogP) is 4.20. The Hall–Kier alpha value is -4.23. The highest BCUT2D eigenvalue weighted by Crippen LogP contribution is 2.42. The molecule has 48 heavy (non-hydrogen) atoms. The van der Waals surface area contributed by atoms with Crippen LogP contribution in [0.25, 0.3) is 21.9 Å². The normalized spacial score (nSPS) is 20.3. The maximum absolute atomic E-state index is 14.1. The number of carbonyl (C=O) groups excluding carboxylic acids is 2. The quantitative estimate of drug-likeness (QED) is 0.204. The number of fused-ring (bicyclic) bond motifs is 2. The number of piperidine rings is 1. The van der Waals surface area contributed by atoms with Gasteiger partial charge in [0.15, 0.2) is 5.76 Å². The van der Waals surface area contributed by atoms with Gasteiger partial charge in [-0.15, -0.1) is 0 Å². The van der Waals surface area contributed by atoms with E-state index in [0.717, 1.165) is 27.5 Å². The molecule has 12 heteroatoms. The van der Waals surface area contributed by atoms with E-state index in [9.17, 15) is 14.4 Å². The Morgan fingerprint density at radius 3 is 2.42 bits per heavy atom. The predicted molar refractivity (Wildman–Crippen MR) is 180 cm³/mol. The molecule has 1 amide bonds. The van der Waals surface area contributed by atoms with Crippen LogP contribution in [0.2, 0.25) is 0 Å². The number of imidazole rings is 1. The second-order valence-electron chi connectivity index (χ2n) is 12.2. The molecule has 4 heterocycles. The van der Waals surface area contributed by atoms with Crippen molar-refractivity contribution in [3.63, 3.8) is 0 Å². The van der Waals surface area contributed by atoms with E-state index >= 15 is 0 Å². The molecule has 2 aromatic carbocycles. The molecule has 3 atom stereocenters. The Morgan fingerprint density at radius 2 is 1.69 bits per heavy atom. The number of hydrogen-bond acceptors (Lipinski definition) is 8. The van der Waals surface area contributed by atoms with Crippen molar-refractivity contribution in [3.05, 3.63) is 82.6 Å². The summed E-state index contributed by atoms with van der Waals surface area (Å²) in [7, 11) is 0. The summed E-state index contributed by atoms with van der Waals surface area (Å²) in [4.78, 5) is 44.3. The molecule has 256 valence electrons. The molecule has 0 aliphatic carbocycles. The van der Waals surface area contributed by atoms with Gasteiger partial charge in [0, 0.05) is 62.7 Å². The first-order chi connectivity index (χ1) is 23.4. The van der Waals surface area contributed by atoms with Gasteiger partial charge in [-0.3, -0.25) is 18.7 Å². The van der Waals surface area contributed by atoms with Crippen LogP contribution in [0.4, 0.5) is 0 Å². The number of amides is 1. The Kier molecular flexibility index (Phi) is 10.8. The molecule has 0 radical (unpaired) electrons. The summed E-state index contributed by atoms with van der Waals surface area (Å²) in [6.07, 6.45) is 4.86. The third kappa shape index (κ3) is 6.98. The van der Waals surface area contributed by atoms with E-state index in [1.165, 1.54) is 6.92 Å². The fraction of sp³-hybridized carbons (Fsp3) is 0.472. The van der Waals surface area contributed by atoms with Crippen LogP contribution < -0.4 is 5.69 Å². The lowest BCUT2D eigenvalue weighted by atomic mass is 9.81. The number of H-pyrrole nitrogens is 1. The molecule has 4 aromatic rings. The zero-order valence-corrected chi connectivity index (χ0v) is 27.5. The maximum Gasteiger partial charge on any atom is 0.326 e. The van der Waals surface area contributed by atoms with Crippen molar-refractivity contribution in [1.29, 1.82) is 0 Å². The van der Waals surface area contributed by atoms with E-state index in [-0.39, 0.29) is 54.4 Å². The average molecular weight is 661 g/mol. The second-order valence-corrected chi connectivity index (χ2v) is 12.2. The molecular weight excluding hydrogens is 616 g/mol. The minimum absolute atomic E-state index is 0.0287. The van der Waals surface area contributed by atoms with Gasteiger partial charge in [-0.2, -0.15) is 0 Å². The van der Waals surface area contributed by atoms with Gasteiger partial charge in [0.05, 0.1) is 43.0 Å². The largest absolute Gasteiger partial charge is 0.459 e. The molecule has 2 aliphatic heterocycles. The number of aromatic nitrogens is 3. The minimum Gasteiger partial charge on any atom is -0.459 e. The maximum atomic E-state index is 14.1. The van der Waals surface area contributed by atoms with E-state index < -0.39 is 6.29 Å². The third-order valence-electron chi connectivity index (χ3n) is 9.31. The summed E-state index contributed by atoms with van der Waals surface area (Å²) in [5.74, 6) is -0.635. The third-order valence-corrected chi connectivity index (χ3v) is 9.31. The highest BCUT2D eigenvalue weighted by Gasteiger charge is 2.41. The lowest BCUT2D eigenvalue weighted by Gasteiger charge is -2.39. The fourth-order valence-corrected chi connectivity index (χ4v) is 7.05. The van der Waals surface area contributed by atoms with Gasteiger partial charge in [-0.25, -0.2) is 4.79 Å². The van der Waals surface area contributed by atoms with Crippen LogP contribution >= 0.6 is 0 Å². The van der Waals surface area contributed by atoms with Crippen molar-refractivity contribution in [3.8, 4) is 0 Å². The Morgan fingerprint density at radius 1 is 0.979 bits per heavy atom. The van der Waals surface area contributed by atoms with E-state index in [4.69, 9.17) is 24.1 Å². The van der Waals surface area contributed by atoms with Gasteiger partial charge in [0.2, 0.25) is 12.2 Å². The lowest BCUT2D eigenvalue weighted by molar-refractivity contribution is -0.172.